The lowest BCUT2D eigenvalue weighted by Crippen LogP contribution is -2.44. The molecule has 3 N–H and O–H groups in total. The SMILES string of the molecule is C=CCNC(=O)C(=O)C(N)CC1CCC1. The standard InChI is InChI=1S/C11H18N2O2/c1-2-6-13-11(15)10(14)9(12)7-8-4-3-5-8/h2,8-9H,1,3-7,12H2,(H,13,15). The van der Waals surface area contributed by atoms with Crippen LogP contribution in [-0.4, -0.2) is 24.3 Å². The van der Waals surface area contributed by atoms with Crippen molar-refractivity contribution in [1.82, 2.24) is 5.32 Å². The van der Waals surface area contributed by atoms with Crippen LogP contribution in [0.2, 0.25) is 0 Å². The van der Waals surface area contributed by atoms with Gasteiger partial charge < -0.3 is 11.1 Å². The van der Waals surface area contributed by atoms with Crippen LogP contribution < -0.4 is 11.1 Å². The molecule has 1 aliphatic rings. The second-order valence-electron chi connectivity index (χ2n) is 4.00. The first-order chi connectivity index (χ1) is 7.15. The third-order valence-electron chi connectivity index (χ3n) is 2.78. The molecule has 1 atom stereocenters. The number of Topliss-reactive ketones (excluding diaryl/α,β-unsaturated/α-hetero) is 1. The average molecular weight is 210 g/mol. The molecule has 0 spiro atoms. The summed E-state index contributed by atoms with van der Waals surface area (Å²) >= 11 is 0. The summed E-state index contributed by atoms with van der Waals surface area (Å²) in [6, 6.07) is -0.639. The number of carbonyl (C=O) groups excluding carboxylic acids is 2. The summed E-state index contributed by atoms with van der Waals surface area (Å²) in [5.74, 6) is -0.568. The van der Waals surface area contributed by atoms with Gasteiger partial charge in [-0.15, -0.1) is 6.58 Å². The minimum atomic E-state index is -0.639. The zero-order valence-corrected chi connectivity index (χ0v) is 8.87. The number of hydrogen-bond donors (Lipinski definition) is 2. The lowest BCUT2D eigenvalue weighted by Gasteiger charge is -2.27. The number of amides is 1. The molecule has 1 rings (SSSR count). The molecule has 1 fully saturated rings. The average Bonchev–Trinajstić information content (AvgIpc) is 2.18. The van der Waals surface area contributed by atoms with Crippen LogP contribution in [-0.2, 0) is 9.59 Å². The van der Waals surface area contributed by atoms with E-state index >= 15 is 0 Å². The molecule has 1 amide bonds. The molecule has 15 heavy (non-hydrogen) atoms. The number of carbonyl (C=O) groups is 2. The van der Waals surface area contributed by atoms with Crippen molar-refractivity contribution in [2.45, 2.75) is 31.7 Å². The molecule has 4 nitrogen and oxygen atoms in total. The Morgan fingerprint density at radius 1 is 1.53 bits per heavy atom. The summed E-state index contributed by atoms with van der Waals surface area (Å²) < 4.78 is 0. The normalized spacial score (nSPS) is 17.7. The molecule has 1 saturated carbocycles. The van der Waals surface area contributed by atoms with E-state index in [1.807, 2.05) is 0 Å². The van der Waals surface area contributed by atoms with Gasteiger partial charge in [0.1, 0.15) is 0 Å². The Balaban J connectivity index is 2.30. The summed E-state index contributed by atoms with van der Waals surface area (Å²) in [5.41, 5.74) is 5.66. The molecule has 0 radical (unpaired) electrons. The number of nitrogens with one attached hydrogen (secondary N) is 1. The van der Waals surface area contributed by atoms with Crippen LogP contribution in [0.5, 0.6) is 0 Å². The fourth-order valence-electron chi connectivity index (χ4n) is 1.62. The van der Waals surface area contributed by atoms with E-state index in [9.17, 15) is 9.59 Å². The maximum absolute atomic E-state index is 11.5. The summed E-state index contributed by atoms with van der Waals surface area (Å²) in [6.45, 7) is 3.76. The molecule has 0 aliphatic heterocycles. The molecule has 84 valence electrons. The Bertz CT molecular complexity index is 259. The molecular weight excluding hydrogens is 192 g/mol. The summed E-state index contributed by atoms with van der Waals surface area (Å²) in [4.78, 5) is 22.7. The van der Waals surface area contributed by atoms with Crippen molar-refractivity contribution < 1.29 is 9.59 Å². The highest BCUT2D eigenvalue weighted by molar-refractivity contribution is 6.38. The molecule has 1 aliphatic carbocycles. The van der Waals surface area contributed by atoms with Gasteiger partial charge in [-0.05, 0) is 12.3 Å². The van der Waals surface area contributed by atoms with E-state index in [1.165, 1.54) is 12.5 Å². The summed E-state index contributed by atoms with van der Waals surface area (Å²) in [5, 5.41) is 2.44. The van der Waals surface area contributed by atoms with Gasteiger partial charge in [0.2, 0.25) is 5.78 Å². The van der Waals surface area contributed by atoms with Gasteiger partial charge in [-0.2, -0.15) is 0 Å². The van der Waals surface area contributed by atoms with E-state index in [0.29, 0.717) is 18.9 Å². The topological polar surface area (TPSA) is 72.2 Å². The maximum Gasteiger partial charge on any atom is 0.289 e. The third kappa shape index (κ3) is 3.47. The van der Waals surface area contributed by atoms with E-state index < -0.39 is 17.7 Å². The van der Waals surface area contributed by atoms with Gasteiger partial charge in [-0.1, -0.05) is 25.3 Å². The van der Waals surface area contributed by atoms with Crippen molar-refractivity contribution in [2.75, 3.05) is 6.54 Å². The van der Waals surface area contributed by atoms with Crippen LogP contribution in [0, 0.1) is 5.92 Å². The van der Waals surface area contributed by atoms with Crippen molar-refractivity contribution in [3.63, 3.8) is 0 Å². The first-order valence-corrected chi connectivity index (χ1v) is 5.33. The highest BCUT2D eigenvalue weighted by Gasteiger charge is 2.27. The molecule has 0 saturated heterocycles. The van der Waals surface area contributed by atoms with Crippen molar-refractivity contribution in [3.05, 3.63) is 12.7 Å². The molecule has 0 heterocycles. The third-order valence-corrected chi connectivity index (χ3v) is 2.78. The minimum Gasteiger partial charge on any atom is -0.346 e. The van der Waals surface area contributed by atoms with Crippen LogP contribution in [0.3, 0.4) is 0 Å². The smallest absolute Gasteiger partial charge is 0.289 e. The lowest BCUT2D eigenvalue weighted by atomic mass is 9.80. The van der Waals surface area contributed by atoms with Crippen molar-refractivity contribution >= 4 is 11.7 Å². The zero-order chi connectivity index (χ0) is 11.3. The van der Waals surface area contributed by atoms with E-state index in [-0.39, 0.29) is 0 Å². The fraction of sp³-hybridized carbons (Fsp3) is 0.636. The molecule has 4 heteroatoms. The molecule has 0 aromatic carbocycles. The molecule has 0 bridgehead atoms. The Morgan fingerprint density at radius 2 is 2.20 bits per heavy atom. The van der Waals surface area contributed by atoms with E-state index in [0.717, 1.165) is 12.8 Å². The predicted octanol–water partition coefficient (Wildman–Crippen LogP) is 0.375. The second kappa shape index (κ2) is 5.66. The molecule has 1 unspecified atom stereocenters. The number of ketones is 1. The van der Waals surface area contributed by atoms with Crippen LogP contribution >= 0.6 is 0 Å². The highest BCUT2D eigenvalue weighted by atomic mass is 16.2. The van der Waals surface area contributed by atoms with Gasteiger partial charge in [0.05, 0.1) is 6.04 Å². The largest absolute Gasteiger partial charge is 0.346 e. The van der Waals surface area contributed by atoms with Crippen LogP contribution in [0.25, 0.3) is 0 Å². The first kappa shape index (κ1) is 11.9. The van der Waals surface area contributed by atoms with Gasteiger partial charge in [0, 0.05) is 6.54 Å². The first-order valence-electron chi connectivity index (χ1n) is 5.33. The van der Waals surface area contributed by atoms with Gasteiger partial charge in [0.15, 0.2) is 0 Å². The molecule has 0 aromatic heterocycles. The highest BCUT2D eigenvalue weighted by Crippen LogP contribution is 2.30. The molecule has 0 aromatic rings. The van der Waals surface area contributed by atoms with E-state index in [2.05, 4.69) is 11.9 Å². The zero-order valence-electron chi connectivity index (χ0n) is 8.87. The van der Waals surface area contributed by atoms with Crippen LogP contribution in [0.4, 0.5) is 0 Å². The van der Waals surface area contributed by atoms with E-state index in [1.54, 1.807) is 0 Å². The second-order valence-corrected chi connectivity index (χ2v) is 4.00. The number of hydrogen-bond acceptors (Lipinski definition) is 3. The number of nitrogens with two attached hydrogens (primary N) is 1. The fourth-order valence-corrected chi connectivity index (χ4v) is 1.62. The van der Waals surface area contributed by atoms with E-state index in [4.69, 9.17) is 5.73 Å². The monoisotopic (exact) mass is 210 g/mol. The van der Waals surface area contributed by atoms with Crippen LogP contribution in [0.15, 0.2) is 12.7 Å². The summed E-state index contributed by atoms with van der Waals surface area (Å²) in [7, 11) is 0. The predicted molar refractivity (Wildman–Crippen MR) is 58.1 cm³/mol. The Labute approximate surface area is 89.9 Å². The Hall–Kier alpha value is -1.16. The summed E-state index contributed by atoms with van der Waals surface area (Å²) in [6.07, 6.45) is 5.65. The van der Waals surface area contributed by atoms with Gasteiger partial charge >= 0.3 is 0 Å². The van der Waals surface area contributed by atoms with Gasteiger partial charge in [-0.3, -0.25) is 9.59 Å². The van der Waals surface area contributed by atoms with Gasteiger partial charge in [0.25, 0.3) is 5.91 Å². The Kier molecular flexibility index (Phi) is 4.49. The minimum absolute atomic E-state index is 0.306. The van der Waals surface area contributed by atoms with Gasteiger partial charge in [-0.25, -0.2) is 0 Å². The molecular formula is C11H18N2O2. The van der Waals surface area contributed by atoms with Crippen molar-refractivity contribution in [2.24, 2.45) is 11.7 Å². The number of rotatable bonds is 6. The maximum atomic E-state index is 11.5. The van der Waals surface area contributed by atoms with Crippen molar-refractivity contribution in [3.8, 4) is 0 Å². The van der Waals surface area contributed by atoms with Crippen LogP contribution in [0.1, 0.15) is 25.7 Å². The lowest BCUT2D eigenvalue weighted by molar-refractivity contribution is -0.138. The Morgan fingerprint density at radius 3 is 2.67 bits per heavy atom. The quantitative estimate of drug-likeness (QED) is 0.491. The van der Waals surface area contributed by atoms with Crippen molar-refractivity contribution in [1.29, 1.82) is 0 Å².